The summed E-state index contributed by atoms with van der Waals surface area (Å²) in [5.41, 5.74) is 10.5. The van der Waals surface area contributed by atoms with E-state index in [0.717, 1.165) is 0 Å². The summed E-state index contributed by atoms with van der Waals surface area (Å²) >= 11 is 0. The number of carboxylic acids is 1. The van der Waals surface area contributed by atoms with Crippen molar-refractivity contribution < 1.29 is 14.7 Å². The third-order valence-electron chi connectivity index (χ3n) is 1.73. The van der Waals surface area contributed by atoms with E-state index in [0.29, 0.717) is 19.4 Å². The number of carboxylic acid groups (broad SMARTS) is 1. The molecule has 1 unspecified atom stereocenters. The molecule has 0 spiro atoms. The smallest absolute Gasteiger partial charge is 0.326 e. The molecule has 0 saturated heterocycles. The van der Waals surface area contributed by atoms with Gasteiger partial charge < -0.3 is 21.9 Å². The minimum atomic E-state index is -1.04. The number of nitrogens with two attached hydrogens (primary N) is 2. The van der Waals surface area contributed by atoms with Crippen LogP contribution in [-0.4, -0.2) is 35.9 Å². The van der Waals surface area contributed by atoms with Crippen molar-refractivity contribution in [2.75, 3.05) is 6.54 Å². The highest BCUT2D eigenvalue weighted by atomic mass is 16.4. The molecule has 0 fully saturated rings. The van der Waals surface area contributed by atoms with Gasteiger partial charge in [0.1, 0.15) is 12.3 Å². The second-order valence-electron chi connectivity index (χ2n) is 3.21. The lowest BCUT2D eigenvalue weighted by molar-refractivity contribution is -0.141. The van der Waals surface area contributed by atoms with E-state index in [1.54, 1.807) is 0 Å². The van der Waals surface area contributed by atoms with E-state index in [1.165, 1.54) is 6.92 Å². The molecule has 0 bridgehead atoms. The van der Waals surface area contributed by atoms with Gasteiger partial charge in [0.2, 0.25) is 5.91 Å². The van der Waals surface area contributed by atoms with Gasteiger partial charge in [-0.25, -0.2) is 4.79 Å². The molecule has 0 aliphatic rings. The van der Waals surface area contributed by atoms with Crippen molar-refractivity contribution in [2.45, 2.75) is 32.1 Å². The van der Waals surface area contributed by atoms with E-state index in [4.69, 9.17) is 16.6 Å². The summed E-state index contributed by atoms with van der Waals surface area (Å²) in [5, 5.41) is 13.8. The Kier molecular flexibility index (Phi) is 6.59. The van der Waals surface area contributed by atoms with Gasteiger partial charge in [-0.05, 0) is 19.4 Å². The van der Waals surface area contributed by atoms with Crippen molar-refractivity contribution in [3.05, 3.63) is 0 Å². The lowest BCUT2D eigenvalue weighted by atomic mass is 10.1. The van der Waals surface area contributed by atoms with Crippen LogP contribution in [0.1, 0.15) is 19.8 Å². The van der Waals surface area contributed by atoms with Gasteiger partial charge in [0.25, 0.3) is 0 Å². The van der Waals surface area contributed by atoms with E-state index >= 15 is 0 Å². The van der Waals surface area contributed by atoms with Gasteiger partial charge in [-0.1, -0.05) is 0 Å². The summed E-state index contributed by atoms with van der Waals surface area (Å²) in [4.78, 5) is 21.3. The average molecular weight is 218 g/mol. The van der Waals surface area contributed by atoms with E-state index in [-0.39, 0.29) is 5.91 Å². The Hall–Kier alpha value is -1.18. The van der Waals surface area contributed by atoms with Crippen LogP contribution in [0.5, 0.6) is 0 Å². The summed E-state index contributed by atoms with van der Waals surface area (Å²) in [6.07, 6.45) is 0.311. The normalized spacial score (nSPS) is 12.5. The van der Waals surface area contributed by atoms with Gasteiger partial charge in [0.15, 0.2) is 0 Å². The molecule has 1 atom stereocenters. The Labute approximate surface area is 88.2 Å². The molecule has 7 N–H and O–H groups in total. The molecular formula is C8H18N4O3. The molecule has 0 aromatic carbocycles. The fourth-order valence-corrected chi connectivity index (χ4v) is 1.08. The lowest BCUT2D eigenvalue weighted by Gasteiger charge is -2.13. The third kappa shape index (κ3) is 7.86. The fourth-order valence-electron chi connectivity index (χ4n) is 1.08. The Morgan fingerprint density at radius 1 is 1.40 bits per heavy atom. The molecule has 0 aliphatic heterocycles. The van der Waals surface area contributed by atoms with Crippen molar-refractivity contribution in [3.63, 3.8) is 0 Å². The number of carbonyl (C=O) groups is 2. The molecule has 0 heterocycles. The topological polar surface area (TPSA) is 130 Å². The predicted octanol–water partition coefficient (Wildman–Crippen LogP) is -1.85. The van der Waals surface area contributed by atoms with Crippen molar-refractivity contribution in [1.82, 2.24) is 10.6 Å². The van der Waals surface area contributed by atoms with Crippen molar-refractivity contribution in [3.8, 4) is 0 Å². The Bertz CT molecular complexity index is 220. The lowest BCUT2D eigenvalue weighted by Crippen LogP contribution is -2.46. The monoisotopic (exact) mass is 218 g/mol. The van der Waals surface area contributed by atoms with Crippen LogP contribution in [0, 0.1) is 0 Å². The molecule has 0 aromatic heterocycles. The maximum atomic E-state index is 10.7. The Morgan fingerprint density at radius 3 is 2.40 bits per heavy atom. The zero-order valence-electron chi connectivity index (χ0n) is 8.69. The van der Waals surface area contributed by atoms with Gasteiger partial charge in [-0.3, -0.25) is 10.1 Å². The van der Waals surface area contributed by atoms with Crippen molar-refractivity contribution in [2.24, 2.45) is 11.5 Å². The van der Waals surface area contributed by atoms with E-state index < -0.39 is 18.3 Å². The molecule has 7 nitrogen and oxygen atoms in total. The van der Waals surface area contributed by atoms with Gasteiger partial charge in [-0.2, -0.15) is 0 Å². The molecule has 1 amide bonds. The average Bonchev–Trinajstić information content (AvgIpc) is 2.08. The molecule has 0 aliphatic carbocycles. The first kappa shape index (κ1) is 13.8. The number of hydrogen-bond acceptors (Lipinski definition) is 5. The van der Waals surface area contributed by atoms with Crippen LogP contribution < -0.4 is 22.1 Å². The Morgan fingerprint density at radius 2 is 2.00 bits per heavy atom. The number of aliphatic carboxylic acids is 1. The standard InChI is InChI=1S/C8H18N4O3/c1-5(13)12-6(7(14)15)3-2-4-11-8(9)10/h6,8,11H,2-4,9-10H2,1H3,(H,12,13)(H,14,15). The van der Waals surface area contributed by atoms with Gasteiger partial charge in [0, 0.05) is 6.92 Å². The summed E-state index contributed by atoms with van der Waals surface area (Å²) in [5.74, 6) is -1.40. The van der Waals surface area contributed by atoms with E-state index in [9.17, 15) is 9.59 Å². The summed E-state index contributed by atoms with van der Waals surface area (Å²) in [7, 11) is 0. The highest BCUT2D eigenvalue weighted by Crippen LogP contribution is 1.96. The highest BCUT2D eigenvalue weighted by Gasteiger charge is 2.17. The number of hydrogen-bond donors (Lipinski definition) is 5. The molecule has 0 saturated carbocycles. The first-order chi connectivity index (χ1) is 6.93. The zero-order chi connectivity index (χ0) is 11.8. The van der Waals surface area contributed by atoms with Crippen molar-refractivity contribution >= 4 is 11.9 Å². The van der Waals surface area contributed by atoms with Gasteiger partial charge >= 0.3 is 5.97 Å². The number of carbonyl (C=O) groups excluding carboxylic acids is 1. The molecule has 15 heavy (non-hydrogen) atoms. The number of nitrogens with one attached hydrogen (secondary N) is 2. The minimum Gasteiger partial charge on any atom is -0.480 e. The molecule has 0 rings (SSSR count). The minimum absolute atomic E-state index is 0.342. The first-order valence-corrected chi connectivity index (χ1v) is 4.68. The molecule has 88 valence electrons. The van der Waals surface area contributed by atoms with Crippen LogP contribution >= 0.6 is 0 Å². The maximum Gasteiger partial charge on any atom is 0.326 e. The van der Waals surface area contributed by atoms with Crippen LogP contribution in [0.4, 0.5) is 0 Å². The third-order valence-corrected chi connectivity index (χ3v) is 1.73. The highest BCUT2D eigenvalue weighted by molar-refractivity contribution is 5.81. The second-order valence-corrected chi connectivity index (χ2v) is 3.21. The van der Waals surface area contributed by atoms with E-state index in [2.05, 4.69) is 10.6 Å². The fraction of sp³-hybridized carbons (Fsp3) is 0.750. The molecular weight excluding hydrogens is 200 g/mol. The maximum absolute atomic E-state index is 10.7. The van der Waals surface area contributed by atoms with Crippen LogP contribution in [-0.2, 0) is 9.59 Å². The zero-order valence-corrected chi connectivity index (χ0v) is 8.69. The van der Waals surface area contributed by atoms with Gasteiger partial charge in [0.05, 0.1) is 0 Å². The summed E-state index contributed by atoms with van der Waals surface area (Å²) in [6, 6.07) is -0.849. The van der Waals surface area contributed by atoms with E-state index in [1.807, 2.05) is 0 Å². The summed E-state index contributed by atoms with van der Waals surface area (Å²) in [6.45, 7) is 1.80. The first-order valence-electron chi connectivity index (χ1n) is 4.68. The quantitative estimate of drug-likeness (QED) is 0.252. The summed E-state index contributed by atoms with van der Waals surface area (Å²) < 4.78 is 0. The predicted molar refractivity (Wildman–Crippen MR) is 54.6 cm³/mol. The Balaban J connectivity index is 3.77. The molecule has 7 heteroatoms. The van der Waals surface area contributed by atoms with Gasteiger partial charge in [-0.15, -0.1) is 0 Å². The van der Waals surface area contributed by atoms with Crippen LogP contribution in [0.25, 0.3) is 0 Å². The second kappa shape index (κ2) is 7.16. The molecule has 0 aromatic rings. The number of amides is 1. The largest absolute Gasteiger partial charge is 0.480 e. The number of rotatable bonds is 7. The molecule has 0 radical (unpaired) electrons. The van der Waals surface area contributed by atoms with Crippen LogP contribution in [0.15, 0.2) is 0 Å². The SMILES string of the molecule is CC(=O)NC(CCCNC(N)N)C(=O)O. The van der Waals surface area contributed by atoms with Crippen LogP contribution in [0.3, 0.4) is 0 Å². The van der Waals surface area contributed by atoms with Crippen molar-refractivity contribution in [1.29, 1.82) is 0 Å². The van der Waals surface area contributed by atoms with Crippen LogP contribution in [0.2, 0.25) is 0 Å².